The van der Waals surface area contributed by atoms with Crippen LogP contribution in [0.25, 0.3) is 6.08 Å². The minimum atomic E-state index is -2.50. The van der Waals surface area contributed by atoms with Crippen molar-refractivity contribution in [1.82, 2.24) is 4.57 Å². The first-order chi connectivity index (χ1) is 10.8. The molecular formula is C20H27NOSi. The predicted molar refractivity (Wildman–Crippen MR) is 103 cm³/mol. The lowest BCUT2D eigenvalue weighted by Gasteiger charge is -2.42. The molecule has 2 rings (SSSR count). The van der Waals surface area contributed by atoms with E-state index >= 15 is 0 Å². The molecule has 0 aliphatic carbocycles. The van der Waals surface area contributed by atoms with Gasteiger partial charge in [-0.15, -0.1) is 0 Å². The fraction of sp³-hybridized carbons (Fsp3) is 0.300. The maximum absolute atomic E-state index is 6.77. The molecule has 0 aliphatic rings. The standard InChI is InChI=1S/C20H27NOSi/c1-7-17-13-15-19(16-14-17)23(21(5)6,22-20(2,3)4)18-11-9-8-10-12-18/h7-16H,1H2,2-6H3. The Hall–Kier alpha value is -1.68. The van der Waals surface area contributed by atoms with Gasteiger partial charge in [-0.25, -0.2) is 0 Å². The molecule has 23 heavy (non-hydrogen) atoms. The van der Waals surface area contributed by atoms with E-state index in [1.54, 1.807) is 0 Å². The minimum Gasteiger partial charge on any atom is -0.391 e. The van der Waals surface area contributed by atoms with Crippen LogP contribution < -0.4 is 10.4 Å². The number of hydrogen-bond donors (Lipinski definition) is 0. The Balaban J connectivity index is 2.67. The summed E-state index contributed by atoms with van der Waals surface area (Å²) in [5.74, 6) is 0. The molecule has 0 radical (unpaired) electrons. The van der Waals surface area contributed by atoms with Gasteiger partial charge in [-0.1, -0.05) is 67.3 Å². The van der Waals surface area contributed by atoms with Gasteiger partial charge in [-0.3, -0.25) is 0 Å². The van der Waals surface area contributed by atoms with Crippen molar-refractivity contribution >= 4 is 24.9 Å². The highest BCUT2D eigenvalue weighted by Crippen LogP contribution is 2.20. The van der Waals surface area contributed by atoms with Gasteiger partial charge in [0, 0.05) is 5.60 Å². The normalized spacial score (nSPS) is 14.5. The fourth-order valence-electron chi connectivity index (χ4n) is 2.84. The number of nitrogens with zero attached hydrogens (tertiary/aromatic N) is 1. The largest absolute Gasteiger partial charge is 0.391 e. The lowest BCUT2D eigenvalue weighted by molar-refractivity contribution is 0.110. The highest BCUT2D eigenvalue weighted by molar-refractivity contribution is 6.95. The average molecular weight is 326 g/mol. The zero-order valence-corrected chi connectivity index (χ0v) is 15.8. The van der Waals surface area contributed by atoms with Crippen LogP contribution in [0.1, 0.15) is 26.3 Å². The van der Waals surface area contributed by atoms with Crippen LogP contribution >= 0.6 is 0 Å². The van der Waals surface area contributed by atoms with E-state index in [9.17, 15) is 0 Å². The van der Waals surface area contributed by atoms with E-state index in [-0.39, 0.29) is 5.60 Å². The van der Waals surface area contributed by atoms with Crippen LogP contribution in [0.5, 0.6) is 0 Å². The molecule has 1 unspecified atom stereocenters. The Morgan fingerprint density at radius 3 is 1.87 bits per heavy atom. The van der Waals surface area contributed by atoms with Gasteiger partial charge in [-0.05, 0) is 50.8 Å². The summed E-state index contributed by atoms with van der Waals surface area (Å²) in [5.41, 5.74) is 0.892. The summed E-state index contributed by atoms with van der Waals surface area (Å²) >= 11 is 0. The van der Waals surface area contributed by atoms with Gasteiger partial charge in [-0.2, -0.15) is 0 Å². The van der Waals surface area contributed by atoms with Crippen LogP contribution in [0.4, 0.5) is 0 Å². The lowest BCUT2D eigenvalue weighted by Crippen LogP contribution is -2.72. The van der Waals surface area contributed by atoms with Crippen molar-refractivity contribution in [1.29, 1.82) is 0 Å². The summed E-state index contributed by atoms with van der Waals surface area (Å²) in [5, 5.41) is 2.50. The molecule has 122 valence electrons. The molecule has 2 aromatic rings. The summed E-state index contributed by atoms with van der Waals surface area (Å²) in [7, 11) is 1.74. The van der Waals surface area contributed by atoms with Crippen LogP contribution in [0, 0.1) is 0 Å². The van der Waals surface area contributed by atoms with Crippen molar-refractivity contribution in [3.05, 3.63) is 66.7 Å². The van der Waals surface area contributed by atoms with E-state index in [4.69, 9.17) is 4.43 Å². The monoisotopic (exact) mass is 325 g/mol. The Bertz CT molecular complexity index is 644. The topological polar surface area (TPSA) is 12.5 Å². The van der Waals surface area contributed by atoms with Crippen molar-refractivity contribution < 1.29 is 4.43 Å². The molecule has 0 spiro atoms. The number of hydrogen-bond acceptors (Lipinski definition) is 2. The van der Waals surface area contributed by atoms with Gasteiger partial charge >= 0.3 is 8.48 Å². The first-order valence-corrected chi connectivity index (χ1v) is 9.81. The summed E-state index contributed by atoms with van der Waals surface area (Å²) in [6.07, 6.45) is 1.87. The number of rotatable bonds is 5. The Morgan fingerprint density at radius 2 is 1.43 bits per heavy atom. The average Bonchev–Trinajstić information content (AvgIpc) is 2.52. The van der Waals surface area contributed by atoms with Gasteiger partial charge in [0.2, 0.25) is 0 Å². The van der Waals surface area contributed by atoms with Gasteiger partial charge < -0.3 is 8.99 Å². The van der Waals surface area contributed by atoms with Gasteiger partial charge in [0.15, 0.2) is 0 Å². The van der Waals surface area contributed by atoms with E-state index in [0.717, 1.165) is 5.56 Å². The molecule has 0 aromatic heterocycles. The Morgan fingerprint density at radius 1 is 0.913 bits per heavy atom. The van der Waals surface area contributed by atoms with Gasteiger partial charge in [0.1, 0.15) is 0 Å². The SMILES string of the molecule is C=Cc1ccc([Si](OC(C)(C)C)(c2ccccc2)N(C)C)cc1. The third-order valence-corrected chi connectivity index (χ3v) is 8.19. The molecule has 3 heteroatoms. The predicted octanol–water partition coefficient (Wildman–Crippen LogP) is 3.26. The molecule has 0 saturated heterocycles. The minimum absolute atomic E-state index is 0.233. The molecule has 0 aliphatic heterocycles. The van der Waals surface area contributed by atoms with Gasteiger partial charge in [0.05, 0.1) is 0 Å². The summed E-state index contributed by atoms with van der Waals surface area (Å²) in [4.78, 5) is 0. The van der Waals surface area contributed by atoms with Crippen LogP contribution in [0.2, 0.25) is 0 Å². The zero-order chi connectivity index (χ0) is 17.1. The van der Waals surface area contributed by atoms with Crippen molar-refractivity contribution in [2.24, 2.45) is 0 Å². The molecule has 0 saturated carbocycles. The van der Waals surface area contributed by atoms with Crippen LogP contribution in [-0.4, -0.2) is 32.7 Å². The van der Waals surface area contributed by atoms with E-state index < -0.39 is 8.48 Å². The maximum atomic E-state index is 6.77. The quantitative estimate of drug-likeness (QED) is 0.782. The summed E-state index contributed by atoms with van der Waals surface area (Å²) < 4.78 is 9.05. The van der Waals surface area contributed by atoms with Crippen LogP contribution in [-0.2, 0) is 4.43 Å². The molecule has 1 atom stereocenters. The second-order valence-electron chi connectivity index (χ2n) is 6.95. The van der Waals surface area contributed by atoms with Crippen molar-refractivity contribution in [3.63, 3.8) is 0 Å². The first kappa shape index (κ1) is 17.7. The highest BCUT2D eigenvalue weighted by atomic mass is 28.4. The molecule has 2 nitrogen and oxygen atoms in total. The molecule has 0 N–H and O–H groups in total. The van der Waals surface area contributed by atoms with Crippen LogP contribution in [0.3, 0.4) is 0 Å². The third kappa shape index (κ3) is 3.81. The number of benzene rings is 2. The van der Waals surface area contributed by atoms with E-state index in [0.29, 0.717) is 0 Å². The molecule has 0 bridgehead atoms. The molecule has 0 amide bonds. The maximum Gasteiger partial charge on any atom is 0.338 e. The van der Waals surface area contributed by atoms with Crippen LogP contribution in [0.15, 0.2) is 61.2 Å². The van der Waals surface area contributed by atoms with Crippen molar-refractivity contribution in [2.45, 2.75) is 26.4 Å². The summed E-state index contributed by atoms with van der Waals surface area (Å²) in [6.45, 7) is 10.2. The second-order valence-corrected chi connectivity index (χ2v) is 10.5. The van der Waals surface area contributed by atoms with E-state index in [2.05, 4.69) is 101 Å². The van der Waals surface area contributed by atoms with Gasteiger partial charge in [0.25, 0.3) is 0 Å². The third-order valence-electron chi connectivity index (χ3n) is 3.79. The summed E-state index contributed by atoms with van der Waals surface area (Å²) in [6, 6.07) is 19.2. The lowest BCUT2D eigenvalue weighted by atomic mass is 10.2. The first-order valence-electron chi connectivity index (χ1n) is 7.96. The fourth-order valence-corrected chi connectivity index (χ4v) is 6.78. The molecular weight excluding hydrogens is 298 g/mol. The Labute approximate surface area is 141 Å². The van der Waals surface area contributed by atoms with E-state index in [1.165, 1.54) is 10.4 Å². The zero-order valence-electron chi connectivity index (χ0n) is 14.8. The smallest absolute Gasteiger partial charge is 0.338 e. The van der Waals surface area contributed by atoms with E-state index in [1.807, 2.05) is 6.08 Å². The Kier molecular flexibility index (Phi) is 5.25. The molecule has 0 heterocycles. The molecule has 2 aromatic carbocycles. The highest BCUT2D eigenvalue weighted by Gasteiger charge is 2.45. The van der Waals surface area contributed by atoms with Crippen molar-refractivity contribution in [3.8, 4) is 0 Å². The molecule has 0 fully saturated rings. The van der Waals surface area contributed by atoms with Crippen molar-refractivity contribution in [2.75, 3.05) is 14.1 Å². The second kappa shape index (κ2) is 6.83.